The van der Waals surface area contributed by atoms with Gasteiger partial charge >= 0.3 is 0 Å². The molecule has 0 saturated heterocycles. The van der Waals surface area contributed by atoms with Gasteiger partial charge in [0.1, 0.15) is 0 Å². The Hall–Kier alpha value is -1.89. The number of carbonyl (C=O) groups is 3. The first-order valence-corrected chi connectivity index (χ1v) is 7.88. The van der Waals surface area contributed by atoms with Crippen LogP contribution in [0, 0.1) is 0 Å². The summed E-state index contributed by atoms with van der Waals surface area (Å²) in [6, 6.07) is 7.23. The van der Waals surface area contributed by atoms with E-state index in [1.54, 1.807) is 12.1 Å². The molecular formula is C15H20BrN3O3. The van der Waals surface area contributed by atoms with Crippen LogP contribution in [-0.2, 0) is 15.0 Å². The van der Waals surface area contributed by atoms with Gasteiger partial charge in [0, 0.05) is 5.56 Å². The van der Waals surface area contributed by atoms with Crippen LogP contribution in [0.2, 0.25) is 0 Å². The summed E-state index contributed by atoms with van der Waals surface area (Å²) in [5, 5.41) is 2.57. The Morgan fingerprint density at radius 3 is 2.05 bits per heavy atom. The van der Waals surface area contributed by atoms with Gasteiger partial charge in [0.2, 0.25) is 5.91 Å². The Labute approximate surface area is 138 Å². The average Bonchev–Trinajstić information content (AvgIpc) is 2.49. The van der Waals surface area contributed by atoms with Gasteiger partial charge in [-0.1, -0.05) is 48.8 Å². The molecule has 120 valence electrons. The van der Waals surface area contributed by atoms with Crippen LogP contribution in [0.25, 0.3) is 0 Å². The summed E-state index contributed by atoms with van der Waals surface area (Å²) in [6.07, 6.45) is 0. The monoisotopic (exact) mass is 369 g/mol. The van der Waals surface area contributed by atoms with Gasteiger partial charge in [0.15, 0.2) is 0 Å². The first-order chi connectivity index (χ1) is 10.2. The molecule has 22 heavy (non-hydrogen) atoms. The molecule has 0 radical (unpaired) electrons. The van der Waals surface area contributed by atoms with E-state index in [0.717, 1.165) is 5.56 Å². The Bertz CT molecular complexity index is 550. The third-order valence-corrected chi connectivity index (χ3v) is 3.39. The number of hydrazine groups is 1. The molecule has 1 rings (SSSR count). The van der Waals surface area contributed by atoms with E-state index in [9.17, 15) is 14.4 Å². The number of alkyl halides is 1. The quantitative estimate of drug-likeness (QED) is 0.551. The SMILES string of the molecule is CC(C)(C)c1ccc(C(=O)NCC(=O)NNC(=O)CBr)cc1. The van der Waals surface area contributed by atoms with Gasteiger partial charge in [-0.05, 0) is 23.1 Å². The highest BCUT2D eigenvalue weighted by atomic mass is 79.9. The Kier molecular flexibility index (Phi) is 6.55. The standard InChI is InChI=1S/C15H20BrN3O3/c1-15(2,3)11-6-4-10(5-7-11)14(22)17-9-13(21)19-18-12(20)8-16/h4-7H,8-9H2,1-3H3,(H,17,22)(H,18,20)(H,19,21). The van der Waals surface area contributed by atoms with Crippen molar-refractivity contribution in [3.63, 3.8) is 0 Å². The van der Waals surface area contributed by atoms with Crippen molar-refractivity contribution in [2.45, 2.75) is 26.2 Å². The summed E-state index contributed by atoms with van der Waals surface area (Å²) in [5.74, 6) is -1.23. The van der Waals surface area contributed by atoms with E-state index in [0.29, 0.717) is 5.56 Å². The average molecular weight is 370 g/mol. The fourth-order valence-electron chi connectivity index (χ4n) is 1.60. The smallest absolute Gasteiger partial charge is 0.257 e. The second kappa shape index (κ2) is 7.93. The third kappa shape index (κ3) is 5.85. The highest BCUT2D eigenvalue weighted by Gasteiger charge is 2.14. The minimum absolute atomic E-state index is 0.0164. The zero-order valence-electron chi connectivity index (χ0n) is 12.8. The van der Waals surface area contributed by atoms with Crippen LogP contribution < -0.4 is 16.2 Å². The molecule has 7 heteroatoms. The Balaban J connectivity index is 2.49. The van der Waals surface area contributed by atoms with E-state index < -0.39 is 5.91 Å². The molecule has 0 aromatic heterocycles. The zero-order valence-corrected chi connectivity index (χ0v) is 14.4. The molecule has 0 aliphatic rings. The Morgan fingerprint density at radius 1 is 1.00 bits per heavy atom. The normalized spacial score (nSPS) is 10.7. The molecule has 0 heterocycles. The first-order valence-electron chi connectivity index (χ1n) is 6.76. The number of benzene rings is 1. The van der Waals surface area contributed by atoms with E-state index >= 15 is 0 Å². The second-order valence-corrected chi connectivity index (χ2v) is 6.30. The van der Waals surface area contributed by atoms with Crippen LogP contribution in [0.15, 0.2) is 24.3 Å². The lowest BCUT2D eigenvalue weighted by Crippen LogP contribution is -2.46. The predicted octanol–water partition coefficient (Wildman–Crippen LogP) is 1.26. The molecule has 0 saturated carbocycles. The summed E-state index contributed by atoms with van der Waals surface area (Å²) < 4.78 is 0. The number of carbonyl (C=O) groups excluding carboxylic acids is 3. The first kappa shape index (κ1) is 18.2. The van der Waals surface area contributed by atoms with Crippen LogP contribution in [-0.4, -0.2) is 29.6 Å². The third-order valence-electron chi connectivity index (χ3n) is 2.89. The molecule has 3 N–H and O–H groups in total. The number of hydrogen-bond donors (Lipinski definition) is 3. The van der Waals surface area contributed by atoms with Gasteiger partial charge in [0.05, 0.1) is 11.9 Å². The largest absolute Gasteiger partial charge is 0.343 e. The maximum absolute atomic E-state index is 11.9. The predicted molar refractivity (Wildman–Crippen MR) is 87.6 cm³/mol. The Morgan fingerprint density at radius 2 is 1.55 bits per heavy atom. The van der Waals surface area contributed by atoms with Crippen molar-refractivity contribution in [1.29, 1.82) is 0 Å². The summed E-state index contributed by atoms with van der Waals surface area (Å²) in [5.41, 5.74) is 5.99. The second-order valence-electron chi connectivity index (χ2n) is 5.74. The van der Waals surface area contributed by atoms with Gasteiger partial charge in [-0.25, -0.2) is 0 Å². The van der Waals surface area contributed by atoms with E-state index in [4.69, 9.17) is 0 Å². The lowest BCUT2D eigenvalue weighted by Gasteiger charge is -2.19. The number of hydrogen-bond acceptors (Lipinski definition) is 3. The molecule has 1 aromatic carbocycles. The van der Waals surface area contributed by atoms with Crippen molar-refractivity contribution in [1.82, 2.24) is 16.2 Å². The minimum atomic E-state index is -0.506. The number of rotatable bonds is 4. The van der Waals surface area contributed by atoms with Crippen molar-refractivity contribution in [2.24, 2.45) is 0 Å². The lowest BCUT2D eigenvalue weighted by atomic mass is 9.87. The van der Waals surface area contributed by atoms with Crippen molar-refractivity contribution >= 4 is 33.7 Å². The van der Waals surface area contributed by atoms with E-state index in [-0.39, 0.29) is 29.1 Å². The molecule has 1 aromatic rings. The highest BCUT2D eigenvalue weighted by molar-refractivity contribution is 9.09. The minimum Gasteiger partial charge on any atom is -0.343 e. The van der Waals surface area contributed by atoms with Gasteiger partial charge < -0.3 is 5.32 Å². The highest BCUT2D eigenvalue weighted by Crippen LogP contribution is 2.22. The molecule has 0 atom stereocenters. The van der Waals surface area contributed by atoms with Crippen molar-refractivity contribution in [3.05, 3.63) is 35.4 Å². The summed E-state index contributed by atoms with van der Waals surface area (Å²) in [4.78, 5) is 34.3. The molecule has 0 fully saturated rings. The molecule has 3 amide bonds. The van der Waals surface area contributed by atoms with Crippen molar-refractivity contribution < 1.29 is 14.4 Å². The maximum Gasteiger partial charge on any atom is 0.257 e. The number of nitrogens with one attached hydrogen (secondary N) is 3. The molecule has 0 unspecified atom stereocenters. The molecular weight excluding hydrogens is 350 g/mol. The summed E-state index contributed by atoms with van der Waals surface area (Å²) in [7, 11) is 0. The van der Waals surface area contributed by atoms with Gasteiger partial charge in [-0.15, -0.1) is 0 Å². The van der Waals surface area contributed by atoms with Gasteiger partial charge in [-0.3, -0.25) is 25.2 Å². The number of halogens is 1. The van der Waals surface area contributed by atoms with Crippen LogP contribution in [0.5, 0.6) is 0 Å². The molecule has 0 spiro atoms. The molecule has 6 nitrogen and oxygen atoms in total. The van der Waals surface area contributed by atoms with E-state index in [1.165, 1.54) is 0 Å². The molecule has 0 bridgehead atoms. The maximum atomic E-state index is 11.9. The molecule has 0 aliphatic heterocycles. The van der Waals surface area contributed by atoms with E-state index in [2.05, 4.69) is 52.9 Å². The fraction of sp³-hybridized carbons (Fsp3) is 0.400. The van der Waals surface area contributed by atoms with Crippen LogP contribution in [0.4, 0.5) is 0 Å². The molecule has 0 aliphatic carbocycles. The summed E-state index contributed by atoms with van der Waals surface area (Å²) in [6.45, 7) is 6.05. The van der Waals surface area contributed by atoms with Crippen LogP contribution in [0.3, 0.4) is 0 Å². The van der Waals surface area contributed by atoms with Gasteiger partial charge in [0.25, 0.3) is 11.8 Å². The number of amides is 3. The zero-order chi connectivity index (χ0) is 16.8. The fourth-order valence-corrected chi connectivity index (χ4v) is 1.74. The van der Waals surface area contributed by atoms with Crippen LogP contribution >= 0.6 is 15.9 Å². The van der Waals surface area contributed by atoms with E-state index in [1.807, 2.05) is 12.1 Å². The van der Waals surface area contributed by atoms with Gasteiger partial charge in [-0.2, -0.15) is 0 Å². The van der Waals surface area contributed by atoms with Crippen LogP contribution in [0.1, 0.15) is 36.7 Å². The van der Waals surface area contributed by atoms with Crippen molar-refractivity contribution in [2.75, 3.05) is 11.9 Å². The lowest BCUT2D eigenvalue weighted by molar-refractivity contribution is -0.126. The topological polar surface area (TPSA) is 87.3 Å². The summed E-state index contributed by atoms with van der Waals surface area (Å²) >= 11 is 2.94. The van der Waals surface area contributed by atoms with Crippen molar-refractivity contribution in [3.8, 4) is 0 Å².